The smallest absolute Gasteiger partial charge is 0.331 e. The number of hydrogen-bond donors (Lipinski definition) is 1. The number of phenols is 1. The molecule has 0 fully saturated rings. The monoisotopic (exact) mass is 346 g/mol. The highest BCUT2D eigenvalue weighted by Crippen LogP contribution is 2.21. The Morgan fingerprint density at radius 2 is 2.04 bits per heavy atom. The Hall–Kier alpha value is -3.16. The molecule has 0 saturated carbocycles. The SMILES string of the molecule is CC(C)(C)C(=O)c1c(COC(=O)C=Cc2ccccc2O)no[n+]1[O-]. The molecule has 2 aromatic rings. The molecule has 1 aromatic carbocycles. The van der Waals surface area contributed by atoms with Gasteiger partial charge in [0.1, 0.15) is 5.75 Å². The second-order valence-corrected chi connectivity index (χ2v) is 6.30. The number of para-hydroxylation sites is 1. The first-order chi connectivity index (χ1) is 11.7. The quantitative estimate of drug-likeness (QED) is 0.381. The van der Waals surface area contributed by atoms with Crippen LogP contribution >= 0.6 is 0 Å². The van der Waals surface area contributed by atoms with Crippen molar-refractivity contribution >= 4 is 17.8 Å². The zero-order valence-electron chi connectivity index (χ0n) is 14.1. The van der Waals surface area contributed by atoms with Gasteiger partial charge < -0.3 is 15.1 Å². The van der Waals surface area contributed by atoms with Crippen molar-refractivity contribution in [3.63, 3.8) is 0 Å². The lowest BCUT2D eigenvalue weighted by molar-refractivity contribution is -0.803. The summed E-state index contributed by atoms with van der Waals surface area (Å²) in [4.78, 5) is 24.0. The van der Waals surface area contributed by atoms with Crippen molar-refractivity contribution in [1.29, 1.82) is 0 Å². The third-order valence-electron chi connectivity index (χ3n) is 3.26. The van der Waals surface area contributed by atoms with E-state index >= 15 is 0 Å². The van der Waals surface area contributed by atoms with E-state index in [-0.39, 0.29) is 28.6 Å². The highest BCUT2D eigenvalue weighted by molar-refractivity contribution is 5.97. The highest BCUT2D eigenvalue weighted by atomic mass is 16.8. The number of benzene rings is 1. The molecule has 8 heteroatoms. The first-order valence-electron chi connectivity index (χ1n) is 7.46. The summed E-state index contributed by atoms with van der Waals surface area (Å²) in [6, 6.07) is 6.47. The fraction of sp³-hybridized carbons (Fsp3) is 0.294. The van der Waals surface area contributed by atoms with Crippen LogP contribution in [-0.4, -0.2) is 22.0 Å². The van der Waals surface area contributed by atoms with Crippen LogP contribution in [0.1, 0.15) is 42.5 Å². The Balaban J connectivity index is 2.06. The topological polar surface area (TPSA) is 117 Å². The van der Waals surface area contributed by atoms with Gasteiger partial charge in [-0.15, -0.1) is 0 Å². The van der Waals surface area contributed by atoms with Gasteiger partial charge in [-0.1, -0.05) is 39.0 Å². The maximum Gasteiger partial charge on any atom is 0.331 e. The maximum absolute atomic E-state index is 12.3. The predicted octanol–water partition coefficient (Wildman–Crippen LogP) is 2.00. The van der Waals surface area contributed by atoms with Crippen molar-refractivity contribution in [3.8, 4) is 5.75 Å². The molecule has 0 atom stereocenters. The second-order valence-electron chi connectivity index (χ2n) is 6.30. The number of Topliss-reactive ketones (excluding diaryl/α,β-unsaturated/α-hetero) is 1. The molecule has 8 nitrogen and oxygen atoms in total. The summed E-state index contributed by atoms with van der Waals surface area (Å²) >= 11 is 0. The molecule has 0 unspecified atom stereocenters. The molecule has 2 rings (SSSR count). The van der Waals surface area contributed by atoms with E-state index in [4.69, 9.17) is 4.74 Å². The molecule has 0 aliphatic heterocycles. The van der Waals surface area contributed by atoms with E-state index in [1.165, 1.54) is 12.1 Å². The van der Waals surface area contributed by atoms with Crippen LogP contribution in [0.2, 0.25) is 0 Å². The standard InChI is InChI=1S/C17H18N2O6/c1-17(2,3)16(22)15-12(18-25-19(15)23)10-24-14(21)9-8-11-6-4-5-7-13(11)20/h4-9,20H,10H2,1-3H3. The summed E-state index contributed by atoms with van der Waals surface area (Å²) in [5.74, 6) is -1.18. The number of aromatic nitrogens is 2. The first-order valence-corrected chi connectivity index (χ1v) is 7.46. The molecule has 0 aliphatic carbocycles. The van der Waals surface area contributed by atoms with Crippen LogP contribution in [0.25, 0.3) is 6.08 Å². The number of carbonyl (C=O) groups excluding carboxylic acids is 2. The minimum atomic E-state index is -0.818. The minimum absolute atomic E-state index is 0.00853. The highest BCUT2D eigenvalue weighted by Gasteiger charge is 2.35. The number of rotatable bonds is 5. The molecule has 0 radical (unpaired) electrons. The van der Waals surface area contributed by atoms with E-state index in [2.05, 4.69) is 9.79 Å². The van der Waals surface area contributed by atoms with Gasteiger partial charge in [0, 0.05) is 22.2 Å². The number of esters is 1. The minimum Gasteiger partial charge on any atom is -0.507 e. The van der Waals surface area contributed by atoms with Crippen molar-refractivity contribution < 1.29 is 29.0 Å². The molecule has 1 N–H and O–H groups in total. The van der Waals surface area contributed by atoms with Gasteiger partial charge in [-0.3, -0.25) is 9.42 Å². The molecule has 0 spiro atoms. The number of aromatic hydroxyl groups is 1. The summed E-state index contributed by atoms with van der Waals surface area (Å²) in [5.41, 5.74) is -0.715. The summed E-state index contributed by atoms with van der Waals surface area (Å²) in [6.07, 6.45) is 2.50. The third kappa shape index (κ3) is 4.43. The second kappa shape index (κ2) is 7.16. The number of carbonyl (C=O) groups is 2. The van der Waals surface area contributed by atoms with E-state index in [1.807, 2.05) is 0 Å². The molecule has 0 saturated heterocycles. The predicted molar refractivity (Wildman–Crippen MR) is 86.2 cm³/mol. The van der Waals surface area contributed by atoms with Crippen LogP contribution in [0.5, 0.6) is 5.75 Å². The van der Waals surface area contributed by atoms with E-state index in [0.717, 1.165) is 6.08 Å². The van der Waals surface area contributed by atoms with Crippen LogP contribution in [0.15, 0.2) is 35.0 Å². The van der Waals surface area contributed by atoms with Gasteiger partial charge in [0.05, 0.1) is 0 Å². The lowest BCUT2D eigenvalue weighted by Crippen LogP contribution is -2.36. The molecule has 1 heterocycles. The van der Waals surface area contributed by atoms with Crippen molar-refractivity contribution in [2.75, 3.05) is 0 Å². The van der Waals surface area contributed by atoms with E-state index in [0.29, 0.717) is 5.56 Å². The largest absolute Gasteiger partial charge is 0.507 e. The third-order valence-corrected chi connectivity index (χ3v) is 3.26. The number of phenolic OH excluding ortho intramolecular Hbond substituents is 1. The average Bonchev–Trinajstić information content (AvgIpc) is 2.91. The van der Waals surface area contributed by atoms with Crippen LogP contribution in [0.4, 0.5) is 0 Å². The van der Waals surface area contributed by atoms with Gasteiger partial charge in [0.25, 0.3) is 11.4 Å². The van der Waals surface area contributed by atoms with Crippen molar-refractivity contribution in [3.05, 3.63) is 52.5 Å². The van der Waals surface area contributed by atoms with Crippen molar-refractivity contribution in [1.82, 2.24) is 5.16 Å². The first kappa shape index (κ1) is 18.2. The molecular weight excluding hydrogens is 328 g/mol. The Morgan fingerprint density at radius 1 is 1.36 bits per heavy atom. The van der Waals surface area contributed by atoms with Gasteiger partial charge in [-0.25, -0.2) is 4.79 Å². The Labute approximate surface area is 143 Å². The zero-order valence-corrected chi connectivity index (χ0v) is 14.1. The summed E-state index contributed by atoms with van der Waals surface area (Å²) in [6.45, 7) is 4.55. The van der Waals surface area contributed by atoms with Crippen LogP contribution < -0.4 is 4.90 Å². The van der Waals surface area contributed by atoms with Gasteiger partial charge in [0.15, 0.2) is 6.61 Å². The molecule has 0 amide bonds. The number of hydrogen-bond acceptors (Lipinski definition) is 7. The molecule has 1 aromatic heterocycles. The van der Waals surface area contributed by atoms with Gasteiger partial charge in [0.2, 0.25) is 5.78 Å². The Morgan fingerprint density at radius 3 is 2.68 bits per heavy atom. The number of nitrogens with zero attached hydrogens (tertiary/aromatic N) is 2. The normalized spacial score (nSPS) is 11.6. The average molecular weight is 346 g/mol. The Kier molecular flexibility index (Phi) is 5.21. The summed E-state index contributed by atoms with van der Waals surface area (Å²) in [7, 11) is 0. The van der Waals surface area contributed by atoms with Gasteiger partial charge in [-0.2, -0.15) is 0 Å². The van der Waals surface area contributed by atoms with Gasteiger partial charge >= 0.3 is 5.97 Å². The molecule has 132 valence electrons. The van der Waals surface area contributed by atoms with Gasteiger partial charge in [-0.05, 0) is 17.0 Å². The summed E-state index contributed by atoms with van der Waals surface area (Å²) < 4.78 is 9.41. The fourth-order valence-corrected chi connectivity index (χ4v) is 1.91. The zero-order chi connectivity index (χ0) is 18.6. The van der Waals surface area contributed by atoms with E-state index in [9.17, 15) is 19.9 Å². The summed E-state index contributed by atoms with van der Waals surface area (Å²) in [5, 5.41) is 24.7. The lowest BCUT2D eigenvalue weighted by Gasteiger charge is -2.13. The van der Waals surface area contributed by atoms with Crippen LogP contribution in [-0.2, 0) is 16.1 Å². The van der Waals surface area contributed by atoms with Crippen molar-refractivity contribution in [2.45, 2.75) is 27.4 Å². The van der Waals surface area contributed by atoms with E-state index in [1.54, 1.807) is 39.0 Å². The molecule has 25 heavy (non-hydrogen) atoms. The fourth-order valence-electron chi connectivity index (χ4n) is 1.91. The Bertz CT molecular complexity index is 817. The molecule has 0 bridgehead atoms. The lowest BCUT2D eigenvalue weighted by atomic mass is 9.88. The van der Waals surface area contributed by atoms with Crippen LogP contribution in [0.3, 0.4) is 0 Å². The van der Waals surface area contributed by atoms with Crippen LogP contribution in [0, 0.1) is 10.6 Å². The van der Waals surface area contributed by atoms with Crippen molar-refractivity contribution in [2.24, 2.45) is 5.41 Å². The maximum atomic E-state index is 12.3. The number of ether oxygens (including phenoxy) is 1. The van der Waals surface area contributed by atoms with E-state index < -0.39 is 17.2 Å². The molecule has 0 aliphatic rings. The molecular formula is C17H18N2O6. The number of ketones is 1.